The van der Waals surface area contributed by atoms with Crippen LogP contribution in [0.1, 0.15) is 5.01 Å². The zero-order valence-electron chi connectivity index (χ0n) is 7.71. The average molecular weight is 226 g/mol. The fraction of sp³-hybridized carbons (Fsp3) is 0.100. The Morgan fingerprint density at radius 1 is 1.27 bits per heavy atom. The van der Waals surface area contributed by atoms with Gasteiger partial charge in [-0.1, -0.05) is 0 Å². The van der Waals surface area contributed by atoms with Crippen molar-refractivity contribution in [3.63, 3.8) is 0 Å². The van der Waals surface area contributed by atoms with Crippen molar-refractivity contribution in [1.82, 2.24) is 4.98 Å². The van der Waals surface area contributed by atoms with Gasteiger partial charge in [-0.2, -0.15) is 0 Å². The van der Waals surface area contributed by atoms with Crippen LogP contribution in [0.15, 0.2) is 23.6 Å². The molecule has 0 unspecified atom stereocenters. The first kappa shape index (κ1) is 10.2. The lowest BCUT2D eigenvalue weighted by Crippen LogP contribution is -1.94. The molecule has 78 valence electrons. The van der Waals surface area contributed by atoms with E-state index in [1.54, 1.807) is 5.38 Å². The lowest BCUT2D eigenvalue weighted by atomic mass is 10.2. The van der Waals surface area contributed by atoms with E-state index in [9.17, 15) is 8.78 Å². The number of hydrogen-bond acceptors (Lipinski definition) is 3. The van der Waals surface area contributed by atoms with Gasteiger partial charge in [0.1, 0.15) is 5.01 Å². The summed E-state index contributed by atoms with van der Waals surface area (Å²) in [6.07, 6.45) is 0. The summed E-state index contributed by atoms with van der Waals surface area (Å²) in [6.45, 7) is 0.355. The quantitative estimate of drug-likeness (QED) is 0.854. The van der Waals surface area contributed by atoms with E-state index >= 15 is 0 Å². The maximum Gasteiger partial charge on any atom is 0.159 e. The SMILES string of the molecule is NCc1nc(-c2ccc(F)c(F)c2)cs1. The van der Waals surface area contributed by atoms with E-state index in [2.05, 4.69) is 4.98 Å². The number of nitrogens with zero attached hydrogens (tertiary/aromatic N) is 1. The Bertz CT molecular complexity index is 482. The van der Waals surface area contributed by atoms with Gasteiger partial charge < -0.3 is 5.73 Å². The fourth-order valence-corrected chi connectivity index (χ4v) is 1.88. The predicted octanol–water partition coefficient (Wildman–Crippen LogP) is 2.55. The van der Waals surface area contributed by atoms with Crippen molar-refractivity contribution in [1.29, 1.82) is 0 Å². The van der Waals surface area contributed by atoms with E-state index in [1.807, 2.05) is 0 Å². The minimum absolute atomic E-state index is 0.355. The number of thiazole rings is 1. The second-order valence-corrected chi connectivity index (χ2v) is 3.90. The maximum absolute atomic E-state index is 12.9. The molecular weight excluding hydrogens is 218 g/mol. The molecule has 2 nitrogen and oxygen atoms in total. The van der Waals surface area contributed by atoms with E-state index in [-0.39, 0.29) is 0 Å². The topological polar surface area (TPSA) is 38.9 Å². The molecule has 0 saturated heterocycles. The lowest BCUT2D eigenvalue weighted by Gasteiger charge is -1.97. The van der Waals surface area contributed by atoms with Gasteiger partial charge in [-0.25, -0.2) is 13.8 Å². The van der Waals surface area contributed by atoms with Crippen LogP contribution < -0.4 is 5.73 Å². The molecule has 0 aliphatic heterocycles. The second kappa shape index (κ2) is 4.04. The van der Waals surface area contributed by atoms with Crippen LogP contribution in [-0.2, 0) is 6.54 Å². The van der Waals surface area contributed by atoms with Gasteiger partial charge in [0.05, 0.1) is 5.69 Å². The van der Waals surface area contributed by atoms with E-state index in [4.69, 9.17) is 5.73 Å². The van der Waals surface area contributed by atoms with Gasteiger partial charge in [0.2, 0.25) is 0 Å². The summed E-state index contributed by atoms with van der Waals surface area (Å²) in [5.41, 5.74) is 6.59. The van der Waals surface area contributed by atoms with Gasteiger partial charge >= 0.3 is 0 Å². The third kappa shape index (κ3) is 2.03. The van der Waals surface area contributed by atoms with Crippen molar-refractivity contribution in [2.24, 2.45) is 5.73 Å². The number of nitrogens with two attached hydrogens (primary N) is 1. The van der Waals surface area contributed by atoms with Crippen molar-refractivity contribution in [2.75, 3.05) is 0 Å². The van der Waals surface area contributed by atoms with Crippen LogP contribution in [0.25, 0.3) is 11.3 Å². The molecule has 0 radical (unpaired) electrons. The highest BCUT2D eigenvalue weighted by Crippen LogP contribution is 2.23. The van der Waals surface area contributed by atoms with Crippen molar-refractivity contribution >= 4 is 11.3 Å². The van der Waals surface area contributed by atoms with Crippen molar-refractivity contribution in [3.8, 4) is 11.3 Å². The highest BCUT2D eigenvalue weighted by atomic mass is 32.1. The molecule has 0 aliphatic rings. The standard InChI is InChI=1S/C10H8F2N2S/c11-7-2-1-6(3-8(7)12)9-5-15-10(4-13)14-9/h1-3,5H,4,13H2. The molecule has 1 aromatic heterocycles. The third-order valence-electron chi connectivity index (χ3n) is 1.94. The van der Waals surface area contributed by atoms with Crippen molar-refractivity contribution in [2.45, 2.75) is 6.54 Å². The number of halogens is 2. The molecule has 0 aliphatic carbocycles. The highest BCUT2D eigenvalue weighted by Gasteiger charge is 2.07. The largest absolute Gasteiger partial charge is 0.325 e. The van der Waals surface area contributed by atoms with Gasteiger partial charge in [0.15, 0.2) is 11.6 Å². The predicted molar refractivity (Wildman–Crippen MR) is 55.4 cm³/mol. The van der Waals surface area contributed by atoms with Crippen molar-refractivity contribution in [3.05, 3.63) is 40.2 Å². The fourth-order valence-electron chi connectivity index (χ4n) is 1.19. The number of hydrogen-bond donors (Lipinski definition) is 1. The molecular formula is C10H8F2N2S. The van der Waals surface area contributed by atoms with E-state index in [0.29, 0.717) is 17.8 Å². The van der Waals surface area contributed by atoms with E-state index < -0.39 is 11.6 Å². The maximum atomic E-state index is 12.9. The Kier molecular flexibility index (Phi) is 2.75. The summed E-state index contributed by atoms with van der Waals surface area (Å²) in [5.74, 6) is -1.72. The summed E-state index contributed by atoms with van der Waals surface area (Å²) in [4.78, 5) is 4.17. The van der Waals surface area contributed by atoms with Gasteiger partial charge in [0.25, 0.3) is 0 Å². The lowest BCUT2D eigenvalue weighted by molar-refractivity contribution is 0.509. The highest BCUT2D eigenvalue weighted by molar-refractivity contribution is 7.09. The molecule has 1 aromatic carbocycles. The summed E-state index contributed by atoms with van der Waals surface area (Å²) in [6, 6.07) is 3.71. The van der Waals surface area contributed by atoms with Crippen LogP contribution in [0.3, 0.4) is 0 Å². The first-order valence-electron chi connectivity index (χ1n) is 4.30. The van der Waals surface area contributed by atoms with Crippen LogP contribution in [0.2, 0.25) is 0 Å². The van der Waals surface area contributed by atoms with Crippen LogP contribution in [0, 0.1) is 11.6 Å². The molecule has 0 amide bonds. The Morgan fingerprint density at radius 2 is 2.07 bits per heavy atom. The van der Waals surface area contributed by atoms with Crippen LogP contribution in [-0.4, -0.2) is 4.98 Å². The zero-order valence-corrected chi connectivity index (χ0v) is 8.52. The minimum Gasteiger partial charge on any atom is -0.325 e. The van der Waals surface area contributed by atoms with Crippen LogP contribution in [0.5, 0.6) is 0 Å². The smallest absolute Gasteiger partial charge is 0.159 e. The third-order valence-corrected chi connectivity index (χ3v) is 2.81. The summed E-state index contributed by atoms with van der Waals surface area (Å²) in [7, 11) is 0. The van der Waals surface area contributed by atoms with Gasteiger partial charge in [-0.15, -0.1) is 11.3 Å². The molecule has 0 fully saturated rings. The molecule has 0 spiro atoms. The van der Waals surface area contributed by atoms with Gasteiger partial charge in [-0.05, 0) is 18.2 Å². The molecule has 1 heterocycles. The number of benzene rings is 1. The molecule has 5 heteroatoms. The number of rotatable bonds is 2. The second-order valence-electron chi connectivity index (χ2n) is 2.96. The van der Waals surface area contributed by atoms with Gasteiger partial charge in [0, 0.05) is 17.5 Å². The molecule has 0 bridgehead atoms. The molecule has 0 saturated carbocycles. The normalized spacial score (nSPS) is 10.6. The monoisotopic (exact) mass is 226 g/mol. The molecule has 15 heavy (non-hydrogen) atoms. The zero-order chi connectivity index (χ0) is 10.8. The summed E-state index contributed by atoms with van der Waals surface area (Å²) >= 11 is 1.40. The Morgan fingerprint density at radius 3 is 2.67 bits per heavy atom. The van der Waals surface area contributed by atoms with Crippen LogP contribution >= 0.6 is 11.3 Å². The Labute approximate surface area is 89.4 Å². The summed E-state index contributed by atoms with van der Waals surface area (Å²) < 4.78 is 25.6. The Hall–Kier alpha value is -1.33. The van der Waals surface area contributed by atoms with Crippen LogP contribution in [0.4, 0.5) is 8.78 Å². The van der Waals surface area contributed by atoms with Gasteiger partial charge in [-0.3, -0.25) is 0 Å². The van der Waals surface area contributed by atoms with E-state index in [1.165, 1.54) is 17.4 Å². The first-order valence-corrected chi connectivity index (χ1v) is 5.18. The molecule has 2 rings (SSSR count). The first-order chi connectivity index (χ1) is 7.20. The summed E-state index contributed by atoms with van der Waals surface area (Å²) in [5, 5.41) is 2.55. The Balaban J connectivity index is 2.40. The molecule has 2 aromatic rings. The molecule has 2 N–H and O–H groups in total. The van der Waals surface area contributed by atoms with Crippen molar-refractivity contribution < 1.29 is 8.78 Å². The van der Waals surface area contributed by atoms with E-state index in [0.717, 1.165) is 17.1 Å². The minimum atomic E-state index is -0.866. The average Bonchev–Trinajstić information content (AvgIpc) is 2.70. The molecule has 0 atom stereocenters. The number of aromatic nitrogens is 1.